The van der Waals surface area contributed by atoms with E-state index in [4.69, 9.17) is 14.2 Å². The minimum Gasteiger partial charge on any atom is -0.493 e. The number of ether oxygens (including phenoxy) is 3. The summed E-state index contributed by atoms with van der Waals surface area (Å²) in [6.45, 7) is 8.70. The zero-order chi connectivity index (χ0) is 25.4. The number of carbonyl (C=O) groups excluding carboxylic acids is 1. The fraction of sp³-hybridized carbons (Fsp3) is 0.308. The summed E-state index contributed by atoms with van der Waals surface area (Å²) < 4.78 is 17.1. The summed E-state index contributed by atoms with van der Waals surface area (Å²) in [5, 5.41) is 21.3. The zero-order valence-electron chi connectivity index (χ0n) is 20.4. The highest BCUT2D eigenvalue weighted by molar-refractivity contribution is 7.15. The number of hydrogen-bond donors (Lipinski definition) is 1. The van der Waals surface area contributed by atoms with Gasteiger partial charge in [-0.1, -0.05) is 43.4 Å². The number of nitrogens with one attached hydrogen (secondary N) is 1. The number of benzene rings is 2. The SMILES string of the molecule is COc1cc(C=C(C#N)C(=O)Nc2nnc(C(C)C)s2)ccc1OCCOc1cc(C)ccc1C. The van der Waals surface area contributed by atoms with Gasteiger partial charge in [0.05, 0.1) is 7.11 Å². The first kappa shape index (κ1) is 25.7. The molecule has 1 aromatic heterocycles. The largest absolute Gasteiger partial charge is 0.493 e. The standard InChI is InChI=1S/C26H28N4O4S/c1-16(2)25-29-30-26(35-25)28-24(31)20(15-27)13-19-8-9-21(23(14-19)32-5)33-10-11-34-22-12-17(3)6-7-18(22)4/h6-9,12-14,16H,10-11H2,1-5H3,(H,28,30,31). The molecule has 0 fully saturated rings. The predicted molar refractivity (Wildman–Crippen MR) is 136 cm³/mol. The monoisotopic (exact) mass is 492 g/mol. The Morgan fingerprint density at radius 2 is 1.83 bits per heavy atom. The quantitative estimate of drug-likeness (QED) is 0.233. The van der Waals surface area contributed by atoms with E-state index in [9.17, 15) is 10.1 Å². The Labute approximate surface area is 209 Å². The van der Waals surface area contributed by atoms with E-state index in [-0.39, 0.29) is 11.5 Å². The van der Waals surface area contributed by atoms with Crippen LogP contribution >= 0.6 is 11.3 Å². The van der Waals surface area contributed by atoms with Crippen LogP contribution in [-0.4, -0.2) is 36.4 Å². The van der Waals surface area contributed by atoms with Crippen LogP contribution in [0.3, 0.4) is 0 Å². The first-order valence-corrected chi connectivity index (χ1v) is 11.9. The fourth-order valence-electron chi connectivity index (χ4n) is 3.06. The van der Waals surface area contributed by atoms with E-state index in [1.54, 1.807) is 18.2 Å². The highest BCUT2D eigenvalue weighted by Gasteiger charge is 2.15. The van der Waals surface area contributed by atoms with Crippen molar-refractivity contribution in [2.75, 3.05) is 25.6 Å². The van der Waals surface area contributed by atoms with Gasteiger partial charge < -0.3 is 14.2 Å². The highest BCUT2D eigenvalue weighted by Crippen LogP contribution is 2.29. The molecule has 8 nitrogen and oxygen atoms in total. The van der Waals surface area contributed by atoms with Crippen LogP contribution in [0.1, 0.15) is 41.5 Å². The maximum atomic E-state index is 12.6. The second kappa shape index (κ2) is 12.0. The minimum atomic E-state index is -0.554. The Morgan fingerprint density at radius 3 is 2.49 bits per heavy atom. The highest BCUT2D eigenvalue weighted by atomic mass is 32.1. The van der Waals surface area contributed by atoms with Crippen LogP contribution in [0.5, 0.6) is 17.2 Å². The number of anilines is 1. The van der Waals surface area contributed by atoms with Crippen LogP contribution in [0, 0.1) is 25.2 Å². The molecular weight excluding hydrogens is 464 g/mol. The van der Waals surface area contributed by atoms with Crippen LogP contribution in [0.4, 0.5) is 5.13 Å². The van der Waals surface area contributed by atoms with Crippen LogP contribution in [-0.2, 0) is 4.79 Å². The van der Waals surface area contributed by atoms with Crippen LogP contribution < -0.4 is 19.5 Å². The third-order valence-corrected chi connectivity index (χ3v) is 6.10. The van der Waals surface area contributed by atoms with E-state index in [2.05, 4.69) is 15.5 Å². The molecule has 0 radical (unpaired) electrons. The van der Waals surface area contributed by atoms with Gasteiger partial charge in [0.15, 0.2) is 11.5 Å². The lowest BCUT2D eigenvalue weighted by Gasteiger charge is -2.13. The van der Waals surface area contributed by atoms with Gasteiger partial charge in [0.1, 0.15) is 35.6 Å². The molecule has 0 spiro atoms. The topological polar surface area (TPSA) is 106 Å². The molecule has 1 amide bonds. The van der Waals surface area contributed by atoms with Gasteiger partial charge in [0, 0.05) is 5.92 Å². The van der Waals surface area contributed by atoms with E-state index >= 15 is 0 Å². The molecule has 2 aromatic carbocycles. The van der Waals surface area contributed by atoms with Crippen molar-refractivity contribution in [3.8, 4) is 23.3 Å². The van der Waals surface area contributed by atoms with Crippen molar-refractivity contribution in [1.29, 1.82) is 5.26 Å². The number of amides is 1. The van der Waals surface area contributed by atoms with Gasteiger partial charge in [-0.25, -0.2) is 0 Å². The average molecular weight is 493 g/mol. The van der Waals surface area contributed by atoms with Gasteiger partial charge in [-0.2, -0.15) is 5.26 Å². The molecule has 182 valence electrons. The molecule has 3 aromatic rings. The van der Waals surface area contributed by atoms with E-state index < -0.39 is 5.91 Å². The summed E-state index contributed by atoms with van der Waals surface area (Å²) in [5.74, 6) is 1.50. The number of aromatic nitrogens is 2. The summed E-state index contributed by atoms with van der Waals surface area (Å²) >= 11 is 1.28. The van der Waals surface area contributed by atoms with Crippen molar-refractivity contribution in [1.82, 2.24) is 10.2 Å². The third kappa shape index (κ3) is 7.04. The Kier molecular flexibility index (Phi) is 8.81. The van der Waals surface area contributed by atoms with Crippen molar-refractivity contribution in [2.45, 2.75) is 33.6 Å². The van der Waals surface area contributed by atoms with Crippen molar-refractivity contribution in [3.05, 3.63) is 63.7 Å². The van der Waals surface area contributed by atoms with Gasteiger partial charge in [-0.3, -0.25) is 10.1 Å². The van der Waals surface area contributed by atoms with E-state index in [0.717, 1.165) is 21.9 Å². The van der Waals surface area contributed by atoms with Gasteiger partial charge in [-0.05, 0) is 54.8 Å². The lowest BCUT2D eigenvalue weighted by Crippen LogP contribution is -2.13. The molecule has 9 heteroatoms. The molecule has 1 N–H and O–H groups in total. The summed E-state index contributed by atoms with van der Waals surface area (Å²) in [7, 11) is 1.53. The summed E-state index contributed by atoms with van der Waals surface area (Å²) in [5.41, 5.74) is 2.75. The number of nitrogens with zero attached hydrogens (tertiary/aromatic N) is 3. The molecule has 0 saturated carbocycles. The number of methoxy groups -OCH3 is 1. The molecule has 3 rings (SSSR count). The second-order valence-corrected chi connectivity index (χ2v) is 9.11. The van der Waals surface area contributed by atoms with Crippen molar-refractivity contribution >= 4 is 28.5 Å². The lowest BCUT2D eigenvalue weighted by atomic mass is 10.1. The van der Waals surface area contributed by atoms with Gasteiger partial charge in [0.25, 0.3) is 5.91 Å². The second-order valence-electron chi connectivity index (χ2n) is 8.10. The Balaban J connectivity index is 1.63. The summed E-state index contributed by atoms with van der Waals surface area (Å²) in [6, 6.07) is 13.2. The molecule has 0 aliphatic carbocycles. The average Bonchev–Trinajstić information content (AvgIpc) is 3.31. The van der Waals surface area contributed by atoms with Gasteiger partial charge in [0.2, 0.25) is 5.13 Å². The first-order chi connectivity index (χ1) is 16.8. The molecule has 0 unspecified atom stereocenters. The number of rotatable bonds is 10. The molecule has 35 heavy (non-hydrogen) atoms. The number of hydrogen-bond acceptors (Lipinski definition) is 8. The maximum Gasteiger partial charge on any atom is 0.268 e. The lowest BCUT2D eigenvalue weighted by molar-refractivity contribution is -0.112. The van der Waals surface area contributed by atoms with Crippen LogP contribution in [0.2, 0.25) is 0 Å². The smallest absolute Gasteiger partial charge is 0.268 e. The zero-order valence-corrected chi connectivity index (χ0v) is 21.2. The normalized spacial score (nSPS) is 11.2. The molecule has 0 aliphatic rings. The van der Waals surface area contributed by atoms with Gasteiger partial charge in [-0.15, -0.1) is 10.2 Å². The van der Waals surface area contributed by atoms with E-state index in [1.165, 1.54) is 24.5 Å². The summed E-state index contributed by atoms with van der Waals surface area (Å²) in [4.78, 5) is 12.6. The number of carbonyl (C=O) groups is 1. The van der Waals surface area contributed by atoms with Crippen molar-refractivity contribution in [2.24, 2.45) is 0 Å². The summed E-state index contributed by atoms with van der Waals surface area (Å²) in [6.07, 6.45) is 1.48. The van der Waals surface area contributed by atoms with Crippen LogP contribution in [0.15, 0.2) is 42.0 Å². The number of nitriles is 1. The van der Waals surface area contributed by atoms with Gasteiger partial charge >= 0.3 is 0 Å². The number of aryl methyl sites for hydroxylation is 2. The molecule has 0 aliphatic heterocycles. The van der Waals surface area contributed by atoms with E-state index in [1.807, 2.05) is 52.0 Å². The third-order valence-electron chi connectivity index (χ3n) is 4.96. The maximum absolute atomic E-state index is 12.6. The minimum absolute atomic E-state index is 0.0658. The van der Waals surface area contributed by atoms with Crippen molar-refractivity contribution < 1.29 is 19.0 Å². The molecule has 0 bridgehead atoms. The predicted octanol–water partition coefficient (Wildman–Crippen LogP) is 5.29. The fourth-order valence-corrected chi connectivity index (χ4v) is 3.80. The first-order valence-electron chi connectivity index (χ1n) is 11.1. The molecule has 0 saturated heterocycles. The molecule has 0 atom stereocenters. The Hall–Kier alpha value is -3.90. The van der Waals surface area contributed by atoms with E-state index in [0.29, 0.717) is 35.4 Å². The van der Waals surface area contributed by atoms with Crippen LogP contribution in [0.25, 0.3) is 6.08 Å². The molecule has 1 heterocycles. The molecular formula is C26H28N4O4S. The van der Waals surface area contributed by atoms with Crippen molar-refractivity contribution in [3.63, 3.8) is 0 Å². The Bertz CT molecular complexity index is 1260. The Morgan fingerprint density at radius 1 is 1.09 bits per heavy atom.